The highest BCUT2D eigenvalue weighted by atomic mass is 32.2. The van der Waals surface area contributed by atoms with Gasteiger partial charge in [-0.25, -0.2) is 4.98 Å². The van der Waals surface area contributed by atoms with Crippen LogP contribution in [0.5, 0.6) is 0 Å². The Labute approximate surface area is 165 Å². The van der Waals surface area contributed by atoms with Crippen LogP contribution in [-0.2, 0) is 14.4 Å². The number of piperazine rings is 1. The fraction of sp³-hybridized carbons (Fsp3) is 0.444. The van der Waals surface area contributed by atoms with Crippen molar-refractivity contribution in [1.82, 2.24) is 14.8 Å². The van der Waals surface area contributed by atoms with Gasteiger partial charge in [0.25, 0.3) is 0 Å². The van der Waals surface area contributed by atoms with Gasteiger partial charge >= 0.3 is 0 Å². The molecule has 2 aliphatic rings. The first-order valence-electron chi connectivity index (χ1n) is 8.86. The smallest absolute Gasteiger partial charge is 0.242 e. The summed E-state index contributed by atoms with van der Waals surface area (Å²) in [6, 6.07) is 6.21. The largest absolute Gasteiger partial charge is 0.345 e. The molecule has 1 aromatic heterocycles. The second-order valence-electron chi connectivity index (χ2n) is 6.54. The summed E-state index contributed by atoms with van der Waals surface area (Å²) in [5, 5.41) is 0.975. The Kier molecular flexibility index (Phi) is 5.05. The highest BCUT2D eigenvalue weighted by Crippen LogP contribution is 2.34. The minimum atomic E-state index is -0.244. The van der Waals surface area contributed by atoms with E-state index in [1.165, 1.54) is 9.60 Å². The number of likely N-dealkylation sites (tertiary alicyclic amines) is 1. The van der Waals surface area contributed by atoms with E-state index >= 15 is 0 Å². The van der Waals surface area contributed by atoms with Crippen LogP contribution >= 0.6 is 23.1 Å². The van der Waals surface area contributed by atoms with Crippen LogP contribution in [-0.4, -0.2) is 71.5 Å². The fourth-order valence-corrected chi connectivity index (χ4v) is 5.07. The molecule has 0 N–H and O–H groups in total. The highest BCUT2D eigenvalue weighted by Gasteiger charge is 2.32. The first-order chi connectivity index (χ1) is 13.1. The lowest BCUT2D eigenvalue weighted by Gasteiger charge is -2.35. The Morgan fingerprint density at radius 1 is 1.15 bits per heavy atom. The highest BCUT2D eigenvalue weighted by molar-refractivity contribution is 7.98. The lowest BCUT2D eigenvalue weighted by molar-refractivity contribution is -0.145. The number of fused-ring (bicyclic) bond motifs is 1. The van der Waals surface area contributed by atoms with E-state index in [4.69, 9.17) is 4.98 Å². The Hall–Kier alpha value is -2.13. The quantitative estimate of drug-likeness (QED) is 0.572. The zero-order valence-corrected chi connectivity index (χ0v) is 16.6. The molecule has 2 fully saturated rings. The van der Waals surface area contributed by atoms with Crippen LogP contribution < -0.4 is 4.90 Å². The predicted octanol–water partition coefficient (Wildman–Crippen LogP) is 1.82. The van der Waals surface area contributed by atoms with Gasteiger partial charge in [0.2, 0.25) is 17.7 Å². The van der Waals surface area contributed by atoms with Gasteiger partial charge in [-0.05, 0) is 18.4 Å². The molecular formula is C18H20N4O3S2. The van der Waals surface area contributed by atoms with E-state index in [0.29, 0.717) is 26.2 Å². The molecule has 0 saturated carbocycles. The minimum Gasteiger partial charge on any atom is -0.345 e. The van der Waals surface area contributed by atoms with Crippen LogP contribution in [0.1, 0.15) is 12.8 Å². The Bertz CT molecular complexity index is 889. The van der Waals surface area contributed by atoms with Crippen molar-refractivity contribution in [2.75, 3.05) is 43.9 Å². The molecule has 0 atom stereocenters. The van der Waals surface area contributed by atoms with Crippen molar-refractivity contribution in [3.63, 3.8) is 0 Å². The number of amides is 3. The average molecular weight is 405 g/mol. The molecule has 4 rings (SSSR count). The first kappa shape index (κ1) is 18.2. The number of nitrogens with zero attached hydrogens (tertiary/aromatic N) is 4. The van der Waals surface area contributed by atoms with Gasteiger partial charge in [0.1, 0.15) is 6.54 Å². The van der Waals surface area contributed by atoms with Crippen molar-refractivity contribution in [3.8, 4) is 0 Å². The molecule has 2 aliphatic heterocycles. The molecule has 2 aromatic rings. The third-order valence-corrected chi connectivity index (χ3v) is 6.79. The number of carbonyl (C=O) groups excluding carboxylic acids is 3. The summed E-state index contributed by atoms with van der Waals surface area (Å²) in [5.41, 5.74) is 1.04. The van der Waals surface area contributed by atoms with E-state index in [9.17, 15) is 14.4 Å². The normalized spacial score (nSPS) is 18.0. The van der Waals surface area contributed by atoms with E-state index in [1.807, 2.05) is 12.3 Å². The number of anilines is 1. The number of hydrogen-bond acceptors (Lipinski definition) is 7. The Morgan fingerprint density at radius 3 is 2.52 bits per heavy atom. The van der Waals surface area contributed by atoms with Crippen molar-refractivity contribution < 1.29 is 14.4 Å². The lowest BCUT2D eigenvalue weighted by Crippen LogP contribution is -2.51. The van der Waals surface area contributed by atoms with E-state index < -0.39 is 0 Å². The van der Waals surface area contributed by atoms with Gasteiger partial charge in [-0.15, -0.1) is 11.8 Å². The van der Waals surface area contributed by atoms with Crippen molar-refractivity contribution in [2.24, 2.45) is 0 Å². The molecule has 0 radical (unpaired) electrons. The molecule has 7 nitrogen and oxygen atoms in total. The number of carbonyl (C=O) groups is 3. The zero-order chi connectivity index (χ0) is 19.0. The van der Waals surface area contributed by atoms with E-state index in [-0.39, 0.29) is 37.1 Å². The van der Waals surface area contributed by atoms with Crippen LogP contribution in [0.15, 0.2) is 23.1 Å². The molecule has 0 aliphatic carbocycles. The topological polar surface area (TPSA) is 73.8 Å². The summed E-state index contributed by atoms with van der Waals surface area (Å²) in [5.74, 6) is -0.649. The average Bonchev–Trinajstić information content (AvgIpc) is 3.26. The third kappa shape index (κ3) is 3.53. The number of benzene rings is 1. The van der Waals surface area contributed by atoms with Gasteiger partial charge in [0.05, 0.1) is 10.2 Å². The summed E-state index contributed by atoms with van der Waals surface area (Å²) < 4.78 is 1.17. The maximum Gasteiger partial charge on any atom is 0.242 e. The first-order valence-corrected chi connectivity index (χ1v) is 10.9. The Morgan fingerprint density at radius 2 is 1.85 bits per heavy atom. The molecule has 9 heteroatoms. The van der Waals surface area contributed by atoms with Crippen LogP contribution in [0.25, 0.3) is 10.2 Å². The van der Waals surface area contributed by atoms with Crippen molar-refractivity contribution >= 4 is 56.2 Å². The standard InChI is InChI=1S/C18H20N4O3S2/c1-26-12-3-2-4-13-17(12)19-18(27-13)21-9-7-20(8-10-21)16(25)11-22-14(23)5-6-15(22)24/h2-4H,5-11H2,1H3. The van der Waals surface area contributed by atoms with Crippen molar-refractivity contribution in [1.29, 1.82) is 0 Å². The molecule has 142 valence electrons. The third-order valence-electron chi connectivity index (χ3n) is 4.94. The molecular weight excluding hydrogens is 384 g/mol. The minimum absolute atomic E-state index is 0.129. The van der Waals surface area contributed by atoms with Crippen LogP contribution in [0, 0.1) is 0 Å². The molecule has 0 spiro atoms. The Balaban J connectivity index is 1.39. The van der Waals surface area contributed by atoms with E-state index in [0.717, 1.165) is 15.5 Å². The van der Waals surface area contributed by atoms with Gasteiger partial charge in [-0.2, -0.15) is 0 Å². The maximum absolute atomic E-state index is 12.5. The maximum atomic E-state index is 12.5. The number of imide groups is 1. The van der Waals surface area contributed by atoms with Crippen molar-refractivity contribution in [3.05, 3.63) is 18.2 Å². The van der Waals surface area contributed by atoms with Crippen molar-refractivity contribution in [2.45, 2.75) is 17.7 Å². The number of hydrogen-bond donors (Lipinski definition) is 0. The molecule has 2 saturated heterocycles. The second-order valence-corrected chi connectivity index (χ2v) is 8.40. The molecule has 27 heavy (non-hydrogen) atoms. The summed E-state index contributed by atoms with van der Waals surface area (Å²) in [4.78, 5) is 46.8. The zero-order valence-electron chi connectivity index (χ0n) is 15.0. The van der Waals surface area contributed by atoms with Gasteiger partial charge in [0, 0.05) is 43.9 Å². The molecule has 0 bridgehead atoms. The number of aromatic nitrogens is 1. The number of thiazole rings is 1. The summed E-state index contributed by atoms with van der Waals surface area (Å²) in [7, 11) is 0. The van der Waals surface area contributed by atoms with Gasteiger partial charge in [-0.1, -0.05) is 17.4 Å². The van der Waals surface area contributed by atoms with Crippen LogP contribution in [0.2, 0.25) is 0 Å². The molecule has 0 unspecified atom stereocenters. The lowest BCUT2D eigenvalue weighted by atomic mass is 10.3. The van der Waals surface area contributed by atoms with Crippen LogP contribution in [0.4, 0.5) is 5.13 Å². The second kappa shape index (κ2) is 7.47. The molecule has 3 heterocycles. The summed E-state index contributed by atoms with van der Waals surface area (Å²) in [6.45, 7) is 2.40. The van der Waals surface area contributed by atoms with E-state index in [1.54, 1.807) is 28.0 Å². The van der Waals surface area contributed by atoms with Gasteiger partial charge in [0.15, 0.2) is 5.13 Å². The fourth-order valence-electron chi connectivity index (χ4n) is 3.39. The van der Waals surface area contributed by atoms with Gasteiger partial charge < -0.3 is 9.80 Å². The van der Waals surface area contributed by atoms with Crippen LogP contribution in [0.3, 0.4) is 0 Å². The summed E-state index contributed by atoms with van der Waals surface area (Å²) >= 11 is 3.36. The molecule has 3 amide bonds. The predicted molar refractivity (Wildman–Crippen MR) is 106 cm³/mol. The number of thioether (sulfide) groups is 1. The monoisotopic (exact) mass is 404 g/mol. The number of para-hydroxylation sites is 1. The molecule has 1 aromatic carbocycles. The van der Waals surface area contributed by atoms with E-state index in [2.05, 4.69) is 17.0 Å². The summed E-state index contributed by atoms with van der Waals surface area (Å²) in [6.07, 6.45) is 2.49. The number of rotatable bonds is 4. The SMILES string of the molecule is CSc1cccc2sc(N3CCN(C(=O)CN4C(=O)CCC4=O)CC3)nc12. The van der Waals surface area contributed by atoms with Gasteiger partial charge in [-0.3, -0.25) is 19.3 Å².